The number of piperidine rings is 1. The van der Waals surface area contributed by atoms with Gasteiger partial charge in [-0.25, -0.2) is 12.8 Å². The Balaban J connectivity index is 1.80. The monoisotopic (exact) mass is 413 g/mol. The number of sulfonamides is 1. The van der Waals surface area contributed by atoms with Crippen LogP contribution in [0.25, 0.3) is 6.08 Å². The van der Waals surface area contributed by atoms with Crippen molar-refractivity contribution in [1.29, 1.82) is 5.26 Å². The first-order valence-electron chi connectivity index (χ1n) is 9.19. The number of carbonyl (C=O) groups is 1. The van der Waals surface area contributed by atoms with E-state index in [4.69, 9.17) is 0 Å². The molecule has 2 aromatic rings. The molecule has 0 spiro atoms. The van der Waals surface area contributed by atoms with Gasteiger partial charge in [-0.15, -0.1) is 0 Å². The van der Waals surface area contributed by atoms with E-state index in [2.05, 4.69) is 5.32 Å². The summed E-state index contributed by atoms with van der Waals surface area (Å²) in [6, 6.07) is 13.2. The maximum atomic E-state index is 13.3. The third kappa shape index (κ3) is 5.08. The van der Waals surface area contributed by atoms with Crippen LogP contribution in [0.2, 0.25) is 0 Å². The topological polar surface area (TPSA) is 90.3 Å². The van der Waals surface area contributed by atoms with E-state index in [1.807, 2.05) is 0 Å². The minimum Gasteiger partial charge on any atom is -0.321 e. The zero-order valence-corrected chi connectivity index (χ0v) is 16.5. The first kappa shape index (κ1) is 20.7. The summed E-state index contributed by atoms with van der Waals surface area (Å²) < 4.78 is 40.4. The Morgan fingerprint density at radius 2 is 1.83 bits per heavy atom. The van der Waals surface area contributed by atoms with Crippen molar-refractivity contribution in [2.75, 3.05) is 18.4 Å². The molecule has 0 aromatic heterocycles. The summed E-state index contributed by atoms with van der Waals surface area (Å²) in [5, 5.41) is 11.8. The molecule has 1 amide bonds. The Kier molecular flexibility index (Phi) is 6.42. The van der Waals surface area contributed by atoms with Crippen molar-refractivity contribution in [3.8, 4) is 6.07 Å². The van der Waals surface area contributed by atoms with Gasteiger partial charge in [0, 0.05) is 18.8 Å². The molecular weight excluding hydrogens is 393 g/mol. The van der Waals surface area contributed by atoms with Gasteiger partial charge in [0.15, 0.2) is 0 Å². The number of hydrogen-bond acceptors (Lipinski definition) is 4. The maximum Gasteiger partial charge on any atom is 0.266 e. The van der Waals surface area contributed by atoms with E-state index in [0.717, 1.165) is 19.3 Å². The van der Waals surface area contributed by atoms with E-state index in [9.17, 15) is 22.9 Å². The molecule has 3 rings (SSSR count). The maximum absolute atomic E-state index is 13.3. The molecule has 1 heterocycles. The highest BCUT2D eigenvalue weighted by molar-refractivity contribution is 7.89. The summed E-state index contributed by atoms with van der Waals surface area (Å²) in [5.74, 6) is -1.18. The molecule has 0 atom stereocenters. The molecule has 1 N–H and O–H groups in total. The number of carbonyl (C=O) groups excluding carboxylic acids is 1. The van der Waals surface area contributed by atoms with E-state index in [0.29, 0.717) is 18.7 Å². The van der Waals surface area contributed by atoms with Crippen LogP contribution in [0.4, 0.5) is 10.1 Å². The average molecular weight is 413 g/mol. The van der Waals surface area contributed by atoms with Crippen molar-refractivity contribution in [3.63, 3.8) is 0 Å². The van der Waals surface area contributed by atoms with Crippen molar-refractivity contribution < 1.29 is 17.6 Å². The van der Waals surface area contributed by atoms with Crippen LogP contribution in [0.1, 0.15) is 24.8 Å². The molecule has 1 saturated heterocycles. The van der Waals surface area contributed by atoms with Crippen molar-refractivity contribution in [2.45, 2.75) is 24.2 Å². The lowest BCUT2D eigenvalue weighted by Crippen LogP contribution is -2.35. The van der Waals surface area contributed by atoms with Gasteiger partial charge in [0.1, 0.15) is 17.5 Å². The molecule has 0 radical (unpaired) electrons. The fourth-order valence-electron chi connectivity index (χ4n) is 3.10. The third-order valence-electron chi connectivity index (χ3n) is 4.57. The van der Waals surface area contributed by atoms with E-state index in [1.165, 1.54) is 46.8 Å². The van der Waals surface area contributed by atoms with Crippen LogP contribution < -0.4 is 5.32 Å². The largest absolute Gasteiger partial charge is 0.321 e. The lowest BCUT2D eigenvalue weighted by atomic mass is 10.1. The molecule has 6 nitrogen and oxygen atoms in total. The second-order valence-electron chi connectivity index (χ2n) is 6.67. The van der Waals surface area contributed by atoms with Crippen LogP contribution in [0.5, 0.6) is 0 Å². The summed E-state index contributed by atoms with van der Waals surface area (Å²) in [7, 11) is -3.64. The van der Waals surface area contributed by atoms with Crippen LogP contribution in [0, 0.1) is 17.1 Å². The Morgan fingerprint density at radius 3 is 2.52 bits per heavy atom. The second kappa shape index (κ2) is 8.99. The first-order chi connectivity index (χ1) is 13.9. The van der Waals surface area contributed by atoms with Crippen molar-refractivity contribution >= 4 is 27.7 Å². The van der Waals surface area contributed by atoms with Crippen LogP contribution in [0.3, 0.4) is 0 Å². The van der Waals surface area contributed by atoms with Gasteiger partial charge in [0.2, 0.25) is 10.0 Å². The normalized spacial score (nSPS) is 15.5. The average Bonchev–Trinajstić information content (AvgIpc) is 2.73. The zero-order chi connectivity index (χ0) is 20.9. The van der Waals surface area contributed by atoms with Gasteiger partial charge < -0.3 is 5.32 Å². The Bertz CT molecular complexity index is 1080. The molecule has 0 saturated carbocycles. The van der Waals surface area contributed by atoms with Crippen LogP contribution in [-0.4, -0.2) is 31.7 Å². The zero-order valence-electron chi connectivity index (χ0n) is 15.6. The number of nitriles is 1. The van der Waals surface area contributed by atoms with Crippen LogP contribution >= 0.6 is 0 Å². The van der Waals surface area contributed by atoms with Crippen molar-refractivity contribution in [1.82, 2.24) is 4.31 Å². The molecule has 29 heavy (non-hydrogen) atoms. The van der Waals surface area contributed by atoms with Gasteiger partial charge in [-0.3, -0.25) is 4.79 Å². The lowest BCUT2D eigenvalue weighted by molar-refractivity contribution is -0.112. The van der Waals surface area contributed by atoms with Gasteiger partial charge >= 0.3 is 0 Å². The summed E-state index contributed by atoms with van der Waals surface area (Å²) in [6.07, 6.45) is 3.93. The van der Waals surface area contributed by atoms with Gasteiger partial charge in [-0.2, -0.15) is 9.57 Å². The lowest BCUT2D eigenvalue weighted by Gasteiger charge is -2.26. The highest BCUT2D eigenvalue weighted by Gasteiger charge is 2.26. The standard InChI is InChI=1S/C21H20FN3O3S/c22-18-7-4-6-16(13-18)12-17(15-23)21(26)24-19-8-5-9-20(14-19)29(27,28)25-10-2-1-3-11-25/h4-9,12-14H,1-3,10-11H2,(H,24,26)/b17-12+. The highest BCUT2D eigenvalue weighted by Crippen LogP contribution is 2.23. The summed E-state index contributed by atoms with van der Waals surface area (Å²) in [5.41, 5.74) is 0.409. The second-order valence-corrected chi connectivity index (χ2v) is 8.61. The number of halogens is 1. The van der Waals surface area contributed by atoms with Gasteiger partial charge in [-0.1, -0.05) is 24.6 Å². The summed E-state index contributed by atoms with van der Waals surface area (Å²) in [6.45, 7) is 0.960. The SMILES string of the molecule is N#C/C(=C\c1cccc(F)c1)C(=O)Nc1cccc(S(=O)(=O)N2CCCCC2)c1. The third-order valence-corrected chi connectivity index (χ3v) is 6.46. The molecule has 1 aliphatic rings. The van der Waals surface area contributed by atoms with Gasteiger partial charge in [-0.05, 0) is 54.8 Å². The molecule has 0 unspecified atom stereocenters. The van der Waals surface area contributed by atoms with Gasteiger partial charge in [0.05, 0.1) is 4.90 Å². The molecule has 1 aliphatic heterocycles. The fourth-order valence-corrected chi connectivity index (χ4v) is 4.66. The number of hydrogen-bond donors (Lipinski definition) is 1. The van der Waals surface area contributed by atoms with Crippen molar-refractivity contribution in [2.24, 2.45) is 0 Å². The minimum absolute atomic E-state index is 0.0878. The highest BCUT2D eigenvalue weighted by atomic mass is 32.2. The van der Waals surface area contributed by atoms with E-state index in [1.54, 1.807) is 18.2 Å². The first-order valence-corrected chi connectivity index (χ1v) is 10.6. The van der Waals surface area contributed by atoms with E-state index in [-0.39, 0.29) is 16.2 Å². The number of anilines is 1. The molecule has 8 heteroatoms. The molecule has 0 bridgehead atoms. The smallest absolute Gasteiger partial charge is 0.266 e. The summed E-state index contributed by atoms with van der Waals surface area (Å²) in [4.78, 5) is 12.5. The molecule has 150 valence electrons. The Hall–Kier alpha value is -3.02. The number of amides is 1. The predicted octanol–water partition coefficient (Wildman–Crippen LogP) is 3.55. The predicted molar refractivity (Wildman–Crippen MR) is 108 cm³/mol. The van der Waals surface area contributed by atoms with Crippen LogP contribution in [0.15, 0.2) is 59.0 Å². The molecule has 1 fully saturated rings. The number of benzene rings is 2. The van der Waals surface area contributed by atoms with Crippen LogP contribution in [-0.2, 0) is 14.8 Å². The Labute approximate surface area is 169 Å². The number of nitrogens with zero attached hydrogens (tertiary/aromatic N) is 2. The fraction of sp³-hybridized carbons (Fsp3) is 0.238. The van der Waals surface area contributed by atoms with Gasteiger partial charge in [0.25, 0.3) is 5.91 Å². The Morgan fingerprint density at radius 1 is 1.10 bits per heavy atom. The molecular formula is C21H20FN3O3S. The van der Waals surface area contributed by atoms with Crippen molar-refractivity contribution in [3.05, 3.63) is 65.5 Å². The number of rotatable bonds is 5. The van der Waals surface area contributed by atoms with E-state index < -0.39 is 21.7 Å². The minimum atomic E-state index is -3.64. The quantitative estimate of drug-likeness (QED) is 0.600. The molecule has 2 aromatic carbocycles. The van der Waals surface area contributed by atoms with E-state index >= 15 is 0 Å². The summed E-state index contributed by atoms with van der Waals surface area (Å²) >= 11 is 0. The molecule has 0 aliphatic carbocycles. The number of nitrogens with one attached hydrogen (secondary N) is 1.